The van der Waals surface area contributed by atoms with Gasteiger partial charge in [-0.05, 0) is 23.8 Å². The van der Waals surface area contributed by atoms with Crippen molar-refractivity contribution in [3.8, 4) is 0 Å². The number of aromatic nitrogens is 3. The number of fused-ring (bicyclic) bond motifs is 1. The molecule has 0 saturated heterocycles. The fourth-order valence-corrected chi connectivity index (χ4v) is 2.18. The number of methoxy groups -OCH3 is 1. The molecular weight excluding hydrogens is 232 g/mol. The second-order valence-electron chi connectivity index (χ2n) is 4.91. The van der Waals surface area contributed by atoms with E-state index in [9.17, 15) is 4.79 Å². The first-order chi connectivity index (χ1) is 8.55. The van der Waals surface area contributed by atoms with Gasteiger partial charge in [-0.15, -0.1) is 0 Å². The van der Waals surface area contributed by atoms with E-state index in [2.05, 4.69) is 26.6 Å². The van der Waals surface area contributed by atoms with Gasteiger partial charge in [-0.1, -0.05) is 6.92 Å². The zero-order valence-corrected chi connectivity index (χ0v) is 10.3. The van der Waals surface area contributed by atoms with Gasteiger partial charge >= 0.3 is 5.97 Å². The van der Waals surface area contributed by atoms with Crippen LogP contribution in [-0.4, -0.2) is 28.0 Å². The molecule has 0 aromatic carbocycles. The van der Waals surface area contributed by atoms with Crippen molar-refractivity contribution in [3.63, 3.8) is 0 Å². The van der Waals surface area contributed by atoms with Gasteiger partial charge in [-0.2, -0.15) is 0 Å². The molecule has 0 aliphatic heterocycles. The van der Waals surface area contributed by atoms with Gasteiger partial charge in [0.25, 0.3) is 0 Å². The van der Waals surface area contributed by atoms with Crippen LogP contribution in [0, 0.1) is 0 Å². The molecule has 1 saturated carbocycles. The van der Waals surface area contributed by atoms with Crippen molar-refractivity contribution in [2.75, 3.05) is 12.8 Å². The van der Waals surface area contributed by atoms with Crippen molar-refractivity contribution in [3.05, 3.63) is 17.6 Å². The van der Waals surface area contributed by atoms with E-state index in [1.165, 1.54) is 7.11 Å². The van der Waals surface area contributed by atoms with Gasteiger partial charge in [-0.3, -0.25) is 0 Å². The van der Waals surface area contributed by atoms with Crippen LogP contribution in [0.3, 0.4) is 0 Å². The van der Waals surface area contributed by atoms with Gasteiger partial charge in [-0.25, -0.2) is 14.8 Å². The molecule has 0 amide bonds. The first-order valence-electron chi connectivity index (χ1n) is 5.78. The quantitative estimate of drug-likeness (QED) is 0.781. The Morgan fingerprint density at radius 1 is 1.50 bits per heavy atom. The lowest BCUT2D eigenvalue weighted by Gasteiger charge is -2.07. The van der Waals surface area contributed by atoms with Crippen molar-refractivity contribution in [1.29, 1.82) is 0 Å². The van der Waals surface area contributed by atoms with E-state index in [-0.39, 0.29) is 11.2 Å². The zero-order chi connectivity index (χ0) is 12.9. The topological polar surface area (TPSA) is 93.9 Å². The molecule has 1 aliphatic rings. The summed E-state index contributed by atoms with van der Waals surface area (Å²) in [5.74, 6) is -0.279. The maximum atomic E-state index is 11.4. The largest absolute Gasteiger partial charge is 0.463 e. The second kappa shape index (κ2) is 3.44. The normalized spacial score (nSPS) is 16.8. The summed E-state index contributed by atoms with van der Waals surface area (Å²) in [6.07, 6.45) is 4.18. The monoisotopic (exact) mass is 246 g/mol. The zero-order valence-electron chi connectivity index (χ0n) is 10.3. The van der Waals surface area contributed by atoms with Gasteiger partial charge < -0.3 is 15.5 Å². The number of carbonyl (C=O) groups excluding carboxylic acids is 1. The summed E-state index contributed by atoms with van der Waals surface area (Å²) < 4.78 is 4.59. The molecule has 3 N–H and O–H groups in total. The van der Waals surface area contributed by atoms with Crippen molar-refractivity contribution in [2.45, 2.75) is 25.2 Å². The number of ether oxygens (including phenoxy) is 1. The van der Waals surface area contributed by atoms with Gasteiger partial charge in [0.2, 0.25) is 5.82 Å². The molecule has 0 unspecified atom stereocenters. The van der Waals surface area contributed by atoms with E-state index < -0.39 is 5.97 Å². The second-order valence-corrected chi connectivity index (χ2v) is 4.91. The maximum Gasteiger partial charge on any atom is 0.376 e. The first kappa shape index (κ1) is 11.0. The summed E-state index contributed by atoms with van der Waals surface area (Å²) in [4.78, 5) is 22.6. The third-order valence-electron chi connectivity index (χ3n) is 3.58. The fraction of sp³-hybridized carbons (Fsp3) is 0.417. The molecule has 18 heavy (non-hydrogen) atoms. The molecule has 94 valence electrons. The molecule has 2 aromatic rings. The molecule has 0 bridgehead atoms. The fourth-order valence-electron chi connectivity index (χ4n) is 2.18. The van der Waals surface area contributed by atoms with Crippen LogP contribution < -0.4 is 5.73 Å². The number of hydrogen-bond donors (Lipinski definition) is 2. The number of nitrogens with one attached hydrogen (secondary N) is 1. The molecule has 1 aliphatic carbocycles. The number of esters is 1. The van der Waals surface area contributed by atoms with Crippen molar-refractivity contribution in [1.82, 2.24) is 15.0 Å². The Hall–Kier alpha value is -2.11. The Morgan fingerprint density at radius 3 is 2.83 bits per heavy atom. The Balaban J connectivity index is 2.20. The third-order valence-corrected chi connectivity index (χ3v) is 3.58. The van der Waals surface area contributed by atoms with Crippen LogP contribution >= 0.6 is 0 Å². The number of nitrogen functional groups attached to an aromatic ring is 1. The summed E-state index contributed by atoms with van der Waals surface area (Å²) >= 11 is 0. The average molecular weight is 246 g/mol. The Kier molecular flexibility index (Phi) is 2.10. The standard InChI is InChI=1S/C12H14N4O2/c1-12(3-4-12)6-5-14-9-7(6)8(13)15-10(16-9)11(17)18-2/h5H,3-4H2,1-2H3,(H3,13,14,15,16). The lowest BCUT2D eigenvalue weighted by Crippen LogP contribution is -2.10. The first-order valence-corrected chi connectivity index (χ1v) is 5.78. The van der Waals surface area contributed by atoms with Gasteiger partial charge in [0, 0.05) is 6.20 Å². The van der Waals surface area contributed by atoms with Crippen LogP contribution in [-0.2, 0) is 10.2 Å². The Labute approximate surface area is 104 Å². The van der Waals surface area contributed by atoms with Crippen LogP contribution in [0.15, 0.2) is 6.20 Å². The van der Waals surface area contributed by atoms with Crippen LogP contribution in [0.4, 0.5) is 5.82 Å². The summed E-state index contributed by atoms with van der Waals surface area (Å²) in [5, 5.41) is 0.822. The molecule has 0 spiro atoms. The molecule has 2 aromatic heterocycles. The molecule has 6 heteroatoms. The third kappa shape index (κ3) is 1.45. The minimum atomic E-state index is -0.586. The number of rotatable bonds is 2. The molecule has 6 nitrogen and oxygen atoms in total. The summed E-state index contributed by atoms with van der Waals surface area (Å²) in [6.45, 7) is 2.18. The van der Waals surface area contributed by atoms with E-state index in [0.29, 0.717) is 11.5 Å². The number of nitrogens with two attached hydrogens (primary N) is 1. The Bertz CT molecular complexity index is 643. The number of aromatic amines is 1. The van der Waals surface area contributed by atoms with E-state index in [4.69, 9.17) is 5.73 Å². The predicted octanol–water partition coefficient (Wildman–Crippen LogP) is 1.38. The van der Waals surface area contributed by atoms with Crippen LogP contribution in [0.25, 0.3) is 11.0 Å². The number of hydrogen-bond acceptors (Lipinski definition) is 5. The minimum Gasteiger partial charge on any atom is -0.463 e. The number of anilines is 1. The highest BCUT2D eigenvalue weighted by molar-refractivity contribution is 5.94. The molecule has 0 atom stereocenters. The molecule has 3 rings (SSSR count). The maximum absolute atomic E-state index is 11.4. The van der Waals surface area contributed by atoms with Crippen molar-refractivity contribution in [2.24, 2.45) is 0 Å². The summed E-state index contributed by atoms with van der Waals surface area (Å²) in [6, 6.07) is 0. The van der Waals surface area contributed by atoms with Gasteiger partial charge in [0.05, 0.1) is 12.5 Å². The SMILES string of the molecule is COC(=O)c1nc(N)c2c(C3(C)CC3)c[nH]c2n1. The highest BCUT2D eigenvalue weighted by Gasteiger charge is 2.41. The summed E-state index contributed by atoms with van der Waals surface area (Å²) in [7, 11) is 1.29. The van der Waals surface area contributed by atoms with E-state index in [0.717, 1.165) is 23.8 Å². The lowest BCUT2D eigenvalue weighted by molar-refractivity contribution is 0.0587. The highest BCUT2D eigenvalue weighted by Crippen LogP contribution is 2.50. The molecule has 1 fully saturated rings. The number of H-pyrrole nitrogens is 1. The minimum absolute atomic E-state index is 0.0168. The van der Waals surface area contributed by atoms with E-state index in [1.807, 2.05) is 6.20 Å². The summed E-state index contributed by atoms with van der Waals surface area (Å²) in [5.41, 5.74) is 7.83. The average Bonchev–Trinajstić information content (AvgIpc) is 2.93. The van der Waals surface area contributed by atoms with Gasteiger partial charge in [0.15, 0.2) is 0 Å². The predicted molar refractivity (Wildman–Crippen MR) is 66.2 cm³/mol. The number of nitrogens with zero attached hydrogens (tertiary/aromatic N) is 2. The van der Waals surface area contributed by atoms with Crippen molar-refractivity contribution >= 4 is 22.8 Å². The Morgan fingerprint density at radius 2 is 2.22 bits per heavy atom. The van der Waals surface area contributed by atoms with Crippen LogP contribution in [0.1, 0.15) is 35.9 Å². The van der Waals surface area contributed by atoms with Crippen molar-refractivity contribution < 1.29 is 9.53 Å². The highest BCUT2D eigenvalue weighted by atomic mass is 16.5. The van der Waals surface area contributed by atoms with Crippen LogP contribution in [0.2, 0.25) is 0 Å². The lowest BCUT2D eigenvalue weighted by atomic mass is 9.99. The molecule has 0 radical (unpaired) electrons. The molecule has 2 heterocycles. The molecular formula is C12H14N4O2. The smallest absolute Gasteiger partial charge is 0.376 e. The number of carbonyl (C=O) groups is 1. The van der Waals surface area contributed by atoms with Crippen LogP contribution in [0.5, 0.6) is 0 Å². The van der Waals surface area contributed by atoms with E-state index >= 15 is 0 Å². The van der Waals surface area contributed by atoms with Gasteiger partial charge in [0.1, 0.15) is 11.5 Å². The van der Waals surface area contributed by atoms with E-state index in [1.54, 1.807) is 0 Å².